The van der Waals surface area contributed by atoms with Gasteiger partial charge >= 0.3 is 0 Å². The van der Waals surface area contributed by atoms with Crippen LogP contribution in [0.5, 0.6) is 0 Å². The molecule has 4 N–H and O–H groups in total. The van der Waals surface area contributed by atoms with Crippen molar-refractivity contribution < 1.29 is 4.79 Å². The number of rotatable bonds is 5. The molecule has 1 rings (SSSR count). The molecule has 3 heteroatoms. The Morgan fingerprint density at radius 3 is 2.25 bits per heavy atom. The van der Waals surface area contributed by atoms with Crippen LogP contribution in [0, 0.1) is 5.92 Å². The Morgan fingerprint density at radius 1 is 1.31 bits per heavy atom. The summed E-state index contributed by atoms with van der Waals surface area (Å²) >= 11 is 0. The van der Waals surface area contributed by atoms with Gasteiger partial charge in [-0.3, -0.25) is 4.79 Å². The summed E-state index contributed by atoms with van der Waals surface area (Å²) in [6.07, 6.45) is 1.35. The Hall–Kier alpha value is -1.35. The lowest BCUT2D eigenvalue weighted by atomic mass is 9.75. The lowest BCUT2D eigenvalue weighted by Gasteiger charge is -2.35. The van der Waals surface area contributed by atoms with E-state index in [0.717, 1.165) is 5.56 Å². The number of carbonyl (C=O) groups excluding carboxylic acids is 1. The van der Waals surface area contributed by atoms with E-state index in [1.54, 1.807) is 0 Å². The quantitative estimate of drug-likeness (QED) is 0.794. The summed E-state index contributed by atoms with van der Waals surface area (Å²) in [5.74, 6) is -0.643. The van der Waals surface area contributed by atoms with Gasteiger partial charge in [-0.25, -0.2) is 0 Å². The van der Waals surface area contributed by atoms with E-state index >= 15 is 0 Å². The minimum Gasteiger partial charge on any atom is -0.369 e. The molecule has 1 amide bonds. The SMILES string of the molecule is CCC(C(N)=O)C(N)(CC)c1ccccc1. The van der Waals surface area contributed by atoms with Crippen molar-refractivity contribution in [3.63, 3.8) is 0 Å². The van der Waals surface area contributed by atoms with Crippen molar-refractivity contribution in [3.05, 3.63) is 35.9 Å². The first-order valence-corrected chi connectivity index (χ1v) is 5.70. The molecule has 0 aromatic heterocycles. The summed E-state index contributed by atoms with van der Waals surface area (Å²) in [5, 5.41) is 0. The van der Waals surface area contributed by atoms with Crippen LogP contribution in [0.15, 0.2) is 30.3 Å². The summed E-state index contributed by atoms with van der Waals surface area (Å²) in [4.78, 5) is 11.5. The van der Waals surface area contributed by atoms with E-state index in [1.807, 2.05) is 44.2 Å². The molecule has 0 aliphatic rings. The summed E-state index contributed by atoms with van der Waals surface area (Å²) in [6.45, 7) is 3.92. The van der Waals surface area contributed by atoms with Gasteiger partial charge in [-0.05, 0) is 18.4 Å². The van der Waals surface area contributed by atoms with Gasteiger partial charge in [0.15, 0.2) is 0 Å². The van der Waals surface area contributed by atoms with Crippen LogP contribution in [0.1, 0.15) is 32.3 Å². The highest BCUT2D eigenvalue weighted by Crippen LogP contribution is 2.32. The van der Waals surface area contributed by atoms with Gasteiger partial charge in [0.2, 0.25) is 5.91 Å². The lowest BCUT2D eigenvalue weighted by molar-refractivity contribution is -0.124. The van der Waals surface area contributed by atoms with Gasteiger partial charge in [0.1, 0.15) is 0 Å². The highest BCUT2D eigenvalue weighted by molar-refractivity contribution is 5.78. The average molecular weight is 220 g/mol. The highest BCUT2D eigenvalue weighted by Gasteiger charge is 2.37. The van der Waals surface area contributed by atoms with E-state index in [-0.39, 0.29) is 11.8 Å². The molecule has 0 saturated heterocycles. The van der Waals surface area contributed by atoms with Gasteiger partial charge in [-0.1, -0.05) is 44.2 Å². The van der Waals surface area contributed by atoms with Crippen LogP contribution in [-0.2, 0) is 10.3 Å². The molecule has 88 valence electrons. The standard InChI is InChI=1S/C13H20N2O/c1-3-11(12(14)16)13(15,4-2)10-8-6-5-7-9-10/h5-9,11H,3-4,15H2,1-2H3,(H2,14,16). The third-order valence-electron chi connectivity index (χ3n) is 3.27. The maximum atomic E-state index is 11.5. The van der Waals surface area contributed by atoms with E-state index in [4.69, 9.17) is 11.5 Å². The van der Waals surface area contributed by atoms with E-state index in [9.17, 15) is 4.79 Å². The number of amides is 1. The molecule has 2 unspecified atom stereocenters. The highest BCUT2D eigenvalue weighted by atomic mass is 16.1. The number of hydrogen-bond acceptors (Lipinski definition) is 2. The van der Waals surface area contributed by atoms with Gasteiger partial charge in [0, 0.05) is 0 Å². The molecule has 0 saturated carbocycles. The Morgan fingerprint density at radius 2 is 1.88 bits per heavy atom. The van der Waals surface area contributed by atoms with Crippen LogP contribution in [0.25, 0.3) is 0 Å². The Kier molecular flexibility index (Phi) is 4.07. The Balaban J connectivity index is 3.15. The van der Waals surface area contributed by atoms with Gasteiger partial charge in [0.25, 0.3) is 0 Å². The normalized spacial score (nSPS) is 16.4. The van der Waals surface area contributed by atoms with E-state index in [2.05, 4.69) is 0 Å². The van der Waals surface area contributed by atoms with Crippen LogP contribution in [0.2, 0.25) is 0 Å². The fourth-order valence-electron chi connectivity index (χ4n) is 2.22. The maximum Gasteiger partial charge on any atom is 0.222 e. The van der Waals surface area contributed by atoms with Crippen LogP contribution in [0.3, 0.4) is 0 Å². The van der Waals surface area contributed by atoms with Crippen LogP contribution in [0.4, 0.5) is 0 Å². The molecule has 1 aromatic carbocycles. The van der Waals surface area contributed by atoms with E-state index in [0.29, 0.717) is 12.8 Å². The largest absolute Gasteiger partial charge is 0.369 e. The van der Waals surface area contributed by atoms with Crippen molar-refractivity contribution in [3.8, 4) is 0 Å². The van der Waals surface area contributed by atoms with Crippen LogP contribution in [-0.4, -0.2) is 5.91 Å². The predicted molar refractivity (Wildman–Crippen MR) is 65.6 cm³/mol. The van der Waals surface area contributed by atoms with Crippen LogP contribution >= 0.6 is 0 Å². The third kappa shape index (κ3) is 2.25. The van der Waals surface area contributed by atoms with Crippen molar-refractivity contribution in [2.45, 2.75) is 32.2 Å². The molecule has 0 aliphatic carbocycles. The second-order valence-corrected chi connectivity index (χ2v) is 4.12. The van der Waals surface area contributed by atoms with Gasteiger partial charge in [-0.2, -0.15) is 0 Å². The van der Waals surface area contributed by atoms with Crippen molar-refractivity contribution in [2.75, 3.05) is 0 Å². The zero-order valence-corrected chi connectivity index (χ0v) is 9.94. The number of benzene rings is 1. The van der Waals surface area contributed by atoms with Crippen molar-refractivity contribution in [1.29, 1.82) is 0 Å². The molecule has 0 radical (unpaired) electrons. The number of hydrogen-bond donors (Lipinski definition) is 2. The maximum absolute atomic E-state index is 11.5. The fourth-order valence-corrected chi connectivity index (χ4v) is 2.22. The Bertz CT molecular complexity index is 350. The zero-order valence-electron chi connectivity index (χ0n) is 9.94. The first-order valence-electron chi connectivity index (χ1n) is 5.70. The molecule has 0 heterocycles. The van der Waals surface area contributed by atoms with Crippen molar-refractivity contribution in [1.82, 2.24) is 0 Å². The molecular weight excluding hydrogens is 200 g/mol. The van der Waals surface area contributed by atoms with Gasteiger partial charge in [0.05, 0.1) is 11.5 Å². The monoisotopic (exact) mass is 220 g/mol. The van der Waals surface area contributed by atoms with Crippen molar-refractivity contribution in [2.24, 2.45) is 17.4 Å². The van der Waals surface area contributed by atoms with Gasteiger partial charge < -0.3 is 11.5 Å². The molecular formula is C13H20N2O. The van der Waals surface area contributed by atoms with Gasteiger partial charge in [-0.15, -0.1) is 0 Å². The first-order chi connectivity index (χ1) is 7.56. The molecule has 0 aliphatic heterocycles. The fraction of sp³-hybridized carbons (Fsp3) is 0.462. The van der Waals surface area contributed by atoms with Crippen LogP contribution < -0.4 is 11.5 Å². The van der Waals surface area contributed by atoms with Crippen molar-refractivity contribution >= 4 is 5.91 Å². The molecule has 0 bridgehead atoms. The second kappa shape index (κ2) is 5.12. The zero-order chi connectivity index (χ0) is 12.2. The summed E-state index contributed by atoms with van der Waals surface area (Å²) in [7, 11) is 0. The number of nitrogens with two attached hydrogens (primary N) is 2. The Labute approximate surface area is 96.8 Å². The topological polar surface area (TPSA) is 69.1 Å². The first kappa shape index (κ1) is 12.7. The predicted octanol–water partition coefficient (Wildman–Crippen LogP) is 1.76. The third-order valence-corrected chi connectivity index (χ3v) is 3.27. The molecule has 0 spiro atoms. The minimum atomic E-state index is -0.651. The average Bonchev–Trinajstić information content (AvgIpc) is 2.30. The minimum absolute atomic E-state index is 0.320. The smallest absolute Gasteiger partial charge is 0.222 e. The molecule has 0 fully saturated rings. The molecule has 3 nitrogen and oxygen atoms in total. The van der Waals surface area contributed by atoms with E-state index in [1.165, 1.54) is 0 Å². The summed E-state index contributed by atoms with van der Waals surface area (Å²) < 4.78 is 0. The molecule has 1 aromatic rings. The lowest BCUT2D eigenvalue weighted by Crippen LogP contribution is -2.49. The summed E-state index contributed by atoms with van der Waals surface area (Å²) in [6, 6.07) is 9.70. The second-order valence-electron chi connectivity index (χ2n) is 4.12. The van der Waals surface area contributed by atoms with E-state index < -0.39 is 5.54 Å². The number of primary amides is 1. The molecule has 16 heavy (non-hydrogen) atoms. The molecule has 2 atom stereocenters. The summed E-state index contributed by atoms with van der Waals surface area (Å²) in [5.41, 5.74) is 12.1. The number of carbonyl (C=O) groups is 1.